The Morgan fingerprint density at radius 2 is 1.12 bits per heavy atom. The van der Waals surface area contributed by atoms with E-state index in [1.54, 1.807) is 58.6 Å². The molecule has 1 atom stereocenters. The highest BCUT2D eigenvalue weighted by molar-refractivity contribution is 5.91. The molecule has 5 fully saturated rings. The topological polar surface area (TPSA) is 104 Å². The molecule has 0 bridgehead atoms. The van der Waals surface area contributed by atoms with Crippen molar-refractivity contribution in [3.8, 4) is 11.5 Å². The lowest BCUT2D eigenvalue weighted by Crippen LogP contribution is -2.48. The molecular formula is C51H71F5N2O8. The van der Waals surface area contributed by atoms with Crippen LogP contribution in [0.4, 0.5) is 26.7 Å². The van der Waals surface area contributed by atoms with Crippen molar-refractivity contribution in [2.45, 2.75) is 180 Å². The molecule has 3 saturated carbocycles. The second-order valence-electron chi connectivity index (χ2n) is 22.1. The maximum atomic E-state index is 14.8. The predicted molar refractivity (Wildman–Crippen MR) is 240 cm³/mol. The Balaban J connectivity index is 0.000000220. The Morgan fingerprint density at radius 3 is 1.59 bits per heavy atom. The number of nitrogens with zero attached hydrogens (tertiary/aromatic N) is 2. The number of amides is 1. The first kappa shape index (κ1) is 51.3. The Kier molecular flexibility index (Phi) is 15.7. The third-order valence-corrected chi connectivity index (χ3v) is 12.7. The average molecular weight is 935 g/mol. The van der Waals surface area contributed by atoms with Crippen LogP contribution in [0.3, 0.4) is 0 Å². The van der Waals surface area contributed by atoms with Gasteiger partial charge in [0.05, 0.1) is 29.7 Å². The first-order valence-corrected chi connectivity index (χ1v) is 23.9. The van der Waals surface area contributed by atoms with Crippen LogP contribution in [0.15, 0.2) is 24.3 Å². The summed E-state index contributed by atoms with van der Waals surface area (Å²) in [4.78, 5) is 40.9. The number of ether oxygens (including phenoxy) is 5. The summed E-state index contributed by atoms with van der Waals surface area (Å²) in [7, 11) is 0. The number of piperidine rings is 2. The number of benzene rings is 2. The van der Waals surface area contributed by atoms with Gasteiger partial charge in [0.1, 0.15) is 46.0 Å². The van der Waals surface area contributed by atoms with E-state index in [2.05, 4.69) is 0 Å². The lowest BCUT2D eigenvalue weighted by atomic mass is 9.83. The lowest BCUT2D eigenvalue weighted by Gasteiger charge is -2.40. The van der Waals surface area contributed by atoms with Gasteiger partial charge in [-0.25, -0.2) is 23.2 Å². The minimum atomic E-state index is -4.15. The lowest BCUT2D eigenvalue weighted by molar-refractivity contribution is -0.228. The molecule has 3 aliphatic carbocycles. The Morgan fingerprint density at radius 1 is 0.636 bits per heavy atom. The molecule has 10 nitrogen and oxygen atoms in total. The summed E-state index contributed by atoms with van der Waals surface area (Å²) in [5.41, 5.74) is -2.02. The number of halogens is 5. The molecule has 66 heavy (non-hydrogen) atoms. The van der Waals surface area contributed by atoms with Crippen molar-refractivity contribution >= 4 is 18.0 Å². The third kappa shape index (κ3) is 14.2. The number of likely N-dealkylation sites (tertiary alicyclic amines) is 2. The van der Waals surface area contributed by atoms with Crippen LogP contribution in [0, 0.1) is 23.0 Å². The summed E-state index contributed by atoms with van der Waals surface area (Å²) in [5.74, 6) is -1.07. The van der Waals surface area contributed by atoms with Gasteiger partial charge in [0.25, 0.3) is 0 Å². The molecule has 2 saturated heterocycles. The van der Waals surface area contributed by atoms with Crippen molar-refractivity contribution in [3.05, 3.63) is 58.2 Å². The molecule has 0 spiro atoms. The fourth-order valence-electron chi connectivity index (χ4n) is 9.01. The number of esters is 2. The van der Waals surface area contributed by atoms with Crippen molar-refractivity contribution in [3.63, 3.8) is 0 Å². The summed E-state index contributed by atoms with van der Waals surface area (Å²) in [6.07, 6.45) is 3.92. The number of rotatable bonds is 11. The van der Waals surface area contributed by atoms with Gasteiger partial charge in [0.15, 0.2) is 0 Å². The van der Waals surface area contributed by atoms with Crippen LogP contribution in [0.5, 0.6) is 11.5 Å². The van der Waals surface area contributed by atoms with Gasteiger partial charge in [-0.15, -0.1) is 0 Å². The quantitative estimate of drug-likeness (QED) is 0.124. The van der Waals surface area contributed by atoms with E-state index < -0.39 is 52.0 Å². The smallest absolute Gasteiger partial charge is 0.410 e. The molecule has 15 heteroatoms. The van der Waals surface area contributed by atoms with Gasteiger partial charge in [-0.1, -0.05) is 12.8 Å². The van der Waals surface area contributed by atoms with Crippen LogP contribution in [0.25, 0.3) is 0 Å². The molecular weight excluding hydrogens is 864 g/mol. The van der Waals surface area contributed by atoms with Gasteiger partial charge in [-0.05, 0) is 181 Å². The molecule has 0 unspecified atom stereocenters. The van der Waals surface area contributed by atoms with E-state index in [4.69, 9.17) is 23.7 Å². The van der Waals surface area contributed by atoms with Gasteiger partial charge >= 0.3 is 24.2 Å². The fraction of sp³-hybridized carbons (Fsp3) is 0.706. The number of hydrogen-bond acceptors (Lipinski definition) is 9. The highest BCUT2D eigenvalue weighted by Crippen LogP contribution is 2.51. The van der Waals surface area contributed by atoms with Gasteiger partial charge in [-0.2, -0.15) is 13.2 Å². The molecule has 0 aromatic heterocycles. The zero-order chi connectivity index (χ0) is 48.4. The summed E-state index contributed by atoms with van der Waals surface area (Å²) in [6, 6.07) is 5.72. The van der Waals surface area contributed by atoms with E-state index in [-0.39, 0.29) is 60.5 Å². The van der Waals surface area contributed by atoms with Crippen molar-refractivity contribution in [2.24, 2.45) is 11.3 Å². The summed E-state index contributed by atoms with van der Waals surface area (Å²) >= 11 is 0. The monoisotopic (exact) mass is 935 g/mol. The minimum Gasteiger partial charge on any atom is -0.493 e. The Bertz CT molecular complexity index is 2030. The van der Waals surface area contributed by atoms with Crippen molar-refractivity contribution < 1.29 is 60.0 Å². The summed E-state index contributed by atoms with van der Waals surface area (Å²) < 4.78 is 99.3. The molecule has 5 aliphatic rings. The SMILES string of the molecule is CC(C)(C)OC(=O)c1cc(C2CC2)c(OCC2CCN(CC3(C(F)(F)F)CCCC3)CC2)cc1F.CC(C)(C)OC(=O)c1cc(C2CC2)c(O[C@@H]2CCCN(C(=O)OC(C)(C)C)C2)cc1F. The van der Waals surface area contributed by atoms with Gasteiger partial charge in [0.2, 0.25) is 0 Å². The first-order valence-electron chi connectivity index (χ1n) is 23.9. The summed E-state index contributed by atoms with van der Waals surface area (Å²) in [5, 5.41) is 0. The number of carbonyl (C=O) groups excluding carboxylic acids is 3. The third-order valence-electron chi connectivity index (χ3n) is 12.7. The molecule has 2 aromatic rings. The van der Waals surface area contributed by atoms with E-state index in [0.29, 0.717) is 57.1 Å². The van der Waals surface area contributed by atoms with Crippen molar-refractivity contribution in [1.29, 1.82) is 0 Å². The van der Waals surface area contributed by atoms with Gasteiger partial charge < -0.3 is 33.5 Å². The van der Waals surface area contributed by atoms with Crippen molar-refractivity contribution in [2.75, 3.05) is 39.3 Å². The molecule has 2 aliphatic heterocycles. The standard InChI is InChI=1S/C27H37F4NO3.C24H34FNO5/c1-25(2,3)35-24(33)21-14-20(19-6-7-19)23(15-22(21)28)34-16-18-8-12-32(13-9-18)17-26(27(29,30)31)10-4-5-11-26;1-23(2,3)30-21(27)18-12-17(15-9-10-15)20(13-19(18)25)29-16-8-7-11-26(14-16)22(28)31-24(4,5)6/h14-15,18-19H,4-13,16-17H2,1-3H3;12-13,15-16H,7-11,14H2,1-6H3/t;16-/m.1/s1. The highest BCUT2D eigenvalue weighted by Gasteiger charge is 2.56. The van der Waals surface area contributed by atoms with Crippen LogP contribution in [-0.4, -0.2) is 96.2 Å². The van der Waals surface area contributed by atoms with Gasteiger partial charge in [-0.3, -0.25) is 0 Å². The second-order valence-corrected chi connectivity index (χ2v) is 22.1. The van der Waals surface area contributed by atoms with Crippen LogP contribution >= 0.6 is 0 Å². The van der Waals surface area contributed by atoms with Crippen LogP contribution in [0.2, 0.25) is 0 Å². The molecule has 368 valence electrons. The van der Waals surface area contributed by atoms with E-state index in [1.165, 1.54) is 12.1 Å². The van der Waals surface area contributed by atoms with E-state index >= 15 is 0 Å². The van der Waals surface area contributed by atoms with Crippen LogP contribution < -0.4 is 9.47 Å². The predicted octanol–water partition coefficient (Wildman–Crippen LogP) is 12.3. The van der Waals surface area contributed by atoms with E-state index in [0.717, 1.165) is 62.5 Å². The molecule has 2 aromatic carbocycles. The largest absolute Gasteiger partial charge is 0.493 e. The Labute approximate surface area is 387 Å². The zero-order valence-electron chi connectivity index (χ0n) is 40.4. The van der Waals surface area contributed by atoms with Crippen LogP contribution in [-0.2, 0) is 14.2 Å². The van der Waals surface area contributed by atoms with Crippen molar-refractivity contribution in [1.82, 2.24) is 9.80 Å². The molecule has 2 heterocycles. The second kappa shape index (κ2) is 20.2. The van der Waals surface area contributed by atoms with E-state index in [1.807, 2.05) is 25.7 Å². The minimum absolute atomic E-state index is 0.0665. The maximum absolute atomic E-state index is 14.8. The number of carbonyl (C=O) groups is 3. The number of hydrogen-bond donors (Lipinski definition) is 0. The fourth-order valence-corrected chi connectivity index (χ4v) is 9.01. The normalized spacial score (nSPS) is 20.8. The van der Waals surface area contributed by atoms with E-state index in [9.17, 15) is 36.3 Å². The maximum Gasteiger partial charge on any atom is 0.410 e. The Hall–Kier alpha value is -4.14. The first-order chi connectivity index (χ1) is 30.7. The average Bonchev–Trinajstić information content (AvgIpc) is 4.14. The molecule has 1 amide bonds. The molecule has 0 N–H and O–H groups in total. The van der Waals surface area contributed by atoms with Gasteiger partial charge in [0, 0.05) is 25.2 Å². The van der Waals surface area contributed by atoms with Crippen LogP contribution in [0.1, 0.15) is 183 Å². The highest BCUT2D eigenvalue weighted by atomic mass is 19.4. The zero-order valence-corrected chi connectivity index (χ0v) is 40.4. The summed E-state index contributed by atoms with van der Waals surface area (Å²) in [6.45, 7) is 18.7. The molecule has 0 radical (unpaired) electrons. The molecule has 7 rings (SSSR count). The number of alkyl halides is 3.